The summed E-state index contributed by atoms with van der Waals surface area (Å²) in [4.78, 5) is 10.8. The molecular weight excluding hydrogens is 142 g/mol. The Hall–Kier alpha value is -1.01. The summed E-state index contributed by atoms with van der Waals surface area (Å²) in [5.41, 5.74) is 0. The van der Waals surface area contributed by atoms with Gasteiger partial charge in [-0.15, -0.1) is 0 Å². The first-order valence-electron chi connectivity index (χ1n) is 3.54. The molecule has 1 amide bonds. The van der Waals surface area contributed by atoms with Gasteiger partial charge in [0, 0.05) is 12.6 Å². The Morgan fingerprint density at radius 2 is 2.36 bits per heavy atom. The third-order valence-corrected chi connectivity index (χ3v) is 1.18. The average Bonchev–Trinajstić information content (AvgIpc) is 1.87. The zero-order valence-corrected chi connectivity index (χ0v) is 6.85. The molecule has 62 valence electrons. The van der Waals surface area contributed by atoms with Crippen molar-refractivity contribution in [2.24, 2.45) is 0 Å². The average molecular weight is 155 g/mol. The minimum Gasteiger partial charge on any atom is -0.396 e. The maximum absolute atomic E-state index is 10.8. The van der Waals surface area contributed by atoms with Crippen molar-refractivity contribution in [1.82, 2.24) is 5.32 Å². The number of carbonyl (C=O) groups excluding carboxylic acids is 1. The standard InChI is InChI=1S/C8H13NO2/c1-3-4-8(11)9-7(2)5-6-10/h7,10H,5-6H2,1-2H3,(H,9,11). The summed E-state index contributed by atoms with van der Waals surface area (Å²) in [6.07, 6.45) is 0.567. The summed E-state index contributed by atoms with van der Waals surface area (Å²) in [5.74, 6) is 4.56. The molecule has 1 atom stereocenters. The summed E-state index contributed by atoms with van der Waals surface area (Å²) in [5, 5.41) is 11.1. The molecule has 11 heavy (non-hydrogen) atoms. The van der Waals surface area contributed by atoms with E-state index < -0.39 is 0 Å². The van der Waals surface area contributed by atoms with Gasteiger partial charge < -0.3 is 10.4 Å². The first-order chi connectivity index (χ1) is 5.20. The smallest absolute Gasteiger partial charge is 0.296 e. The summed E-state index contributed by atoms with van der Waals surface area (Å²) in [6.45, 7) is 3.52. The molecule has 0 fully saturated rings. The van der Waals surface area contributed by atoms with Gasteiger partial charge in [0.2, 0.25) is 0 Å². The molecule has 3 nitrogen and oxygen atoms in total. The van der Waals surface area contributed by atoms with Crippen LogP contribution in [-0.4, -0.2) is 23.7 Å². The molecule has 3 heteroatoms. The number of carbonyl (C=O) groups is 1. The third-order valence-electron chi connectivity index (χ3n) is 1.18. The topological polar surface area (TPSA) is 49.3 Å². The van der Waals surface area contributed by atoms with Gasteiger partial charge in [-0.1, -0.05) is 5.92 Å². The van der Waals surface area contributed by atoms with Crippen LogP contribution in [0.4, 0.5) is 0 Å². The van der Waals surface area contributed by atoms with Crippen molar-refractivity contribution in [1.29, 1.82) is 0 Å². The molecular formula is C8H13NO2. The van der Waals surface area contributed by atoms with Gasteiger partial charge in [-0.3, -0.25) is 4.79 Å². The molecule has 0 aromatic carbocycles. The molecule has 2 N–H and O–H groups in total. The molecule has 0 rings (SSSR count). The van der Waals surface area contributed by atoms with Crippen LogP contribution in [0.5, 0.6) is 0 Å². The highest BCUT2D eigenvalue weighted by atomic mass is 16.3. The number of nitrogens with one attached hydrogen (secondary N) is 1. The van der Waals surface area contributed by atoms with E-state index in [1.54, 1.807) is 6.92 Å². The van der Waals surface area contributed by atoms with Crippen LogP contribution in [0.2, 0.25) is 0 Å². The van der Waals surface area contributed by atoms with Gasteiger partial charge in [-0.25, -0.2) is 0 Å². The lowest BCUT2D eigenvalue weighted by molar-refractivity contribution is -0.116. The second-order valence-corrected chi connectivity index (χ2v) is 2.26. The normalized spacial score (nSPS) is 11.2. The first kappa shape index (κ1) is 9.99. The van der Waals surface area contributed by atoms with Gasteiger partial charge in [0.25, 0.3) is 5.91 Å². The van der Waals surface area contributed by atoms with Crippen LogP contribution in [0, 0.1) is 11.8 Å². The number of amides is 1. The fourth-order valence-electron chi connectivity index (χ4n) is 0.639. The third kappa shape index (κ3) is 5.43. The van der Waals surface area contributed by atoms with E-state index in [0.29, 0.717) is 6.42 Å². The summed E-state index contributed by atoms with van der Waals surface area (Å²) in [6, 6.07) is -0.00616. The molecule has 0 saturated carbocycles. The molecule has 0 aromatic rings. The van der Waals surface area contributed by atoms with Crippen LogP contribution < -0.4 is 5.32 Å². The van der Waals surface area contributed by atoms with Crippen molar-refractivity contribution < 1.29 is 9.90 Å². The quantitative estimate of drug-likeness (QED) is 0.559. The van der Waals surface area contributed by atoms with Crippen LogP contribution in [0.3, 0.4) is 0 Å². The molecule has 0 saturated heterocycles. The van der Waals surface area contributed by atoms with Crippen molar-refractivity contribution >= 4 is 5.91 Å². The summed E-state index contributed by atoms with van der Waals surface area (Å²) in [7, 11) is 0. The van der Waals surface area contributed by atoms with Gasteiger partial charge in [-0.05, 0) is 26.2 Å². The minimum absolute atomic E-state index is 0.00616. The van der Waals surface area contributed by atoms with E-state index in [9.17, 15) is 4.79 Å². The highest BCUT2D eigenvalue weighted by molar-refractivity contribution is 5.93. The second-order valence-electron chi connectivity index (χ2n) is 2.26. The van der Waals surface area contributed by atoms with Crippen LogP contribution in [0.1, 0.15) is 20.3 Å². The number of aliphatic hydroxyl groups excluding tert-OH is 1. The van der Waals surface area contributed by atoms with E-state index in [-0.39, 0.29) is 18.6 Å². The predicted octanol–water partition coefficient (Wildman–Crippen LogP) is -0.103. The molecule has 0 heterocycles. The molecule has 0 aliphatic carbocycles. The monoisotopic (exact) mass is 155 g/mol. The summed E-state index contributed by atoms with van der Waals surface area (Å²) >= 11 is 0. The molecule has 0 aliphatic rings. The Morgan fingerprint density at radius 1 is 1.73 bits per heavy atom. The van der Waals surface area contributed by atoms with Gasteiger partial charge >= 0.3 is 0 Å². The van der Waals surface area contributed by atoms with Crippen molar-refractivity contribution in [2.75, 3.05) is 6.61 Å². The second kappa shape index (κ2) is 5.75. The lowest BCUT2D eigenvalue weighted by Gasteiger charge is -2.08. The Balaban J connectivity index is 3.63. The van der Waals surface area contributed by atoms with E-state index >= 15 is 0 Å². The lowest BCUT2D eigenvalue weighted by Crippen LogP contribution is -2.32. The van der Waals surface area contributed by atoms with Crippen molar-refractivity contribution in [3.8, 4) is 11.8 Å². The van der Waals surface area contributed by atoms with Crippen molar-refractivity contribution in [3.05, 3.63) is 0 Å². The zero-order valence-electron chi connectivity index (χ0n) is 6.85. The summed E-state index contributed by atoms with van der Waals surface area (Å²) < 4.78 is 0. The SMILES string of the molecule is CC#CC(=O)NC(C)CCO. The highest BCUT2D eigenvalue weighted by Gasteiger charge is 2.02. The molecule has 0 aliphatic heterocycles. The minimum atomic E-state index is -0.284. The largest absolute Gasteiger partial charge is 0.396 e. The maximum Gasteiger partial charge on any atom is 0.296 e. The van der Waals surface area contributed by atoms with Gasteiger partial charge in [0.1, 0.15) is 0 Å². The van der Waals surface area contributed by atoms with Crippen LogP contribution in [0.25, 0.3) is 0 Å². The van der Waals surface area contributed by atoms with Crippen molar-refractivity contribution in [3.63, 3.8) is 0 Å². The molecule has 0 bridgehead atoms. The number of aliphatic hydroxyl groups is 1. The van der Waals surface area contributed by atoms with Gasteiger partial charge in [-0.2, -0.15) is 0 Å². The number of rotatable bonds is 3. The Labute approximate surface area is 66.8 Å². The van der Waals surface area contributed by atoms with E-state index in [4.69, 9.17) is 5.11 Å². The van der Waals surface area contributed by atoms with Crippen molar-refractivity contribution in [2.45, 2.75) is 26.3 Å². The first-order valence-corrected chi connectivity index (χ1v) is 3.54. The molecule has 0 radical (unpaired) electrons. The lowest BCUT2D eigenvalue weighted by atomic mass is 10.2. The van der Waals surface area contributed by atoms with E-state index in [1.165, 1.54) is 0 Å². The Morgan fingerprint density at radius 3 is 2.82 bits per heavy atom. The highest BCUT2D eigenvalue weighted by Crippen LogP contribution is 1.86. The fraction of sp³-hybridized carbons (Fsp3) is 0.625. The number of hydrogen-bond acceptors (Lipinski definition) is 2. The van der Waals surface area contributed by atoms with Crippen LogP contribution in [-0.2, 0) is 4.79 Å². The Bertz CT molecular complexity index is 178. The fourth-order valence-corrected chi connectivity index (χ4v) is 0.639. The molecule has 1 unspecified atom stereocenters. The molecule has 0 aromatic heterocycles. The number of hydrogen-bond donors (Lipinski definition) is 2. The van der Waals surface area contributed by atoms with Crippen LogP contribution in [0.15, 0.2) is 0 Å². The van der Waals surface area contributed by atoms with E-state index in [2.05, 4.69) is 17.2 Å². The van der Waals surface area contributed by atoms with E-state index in [1.807, 2.05) is 6.92 Å². The maximum atomic E-state index is 10.8. The molecule has 0 spiro atoms. The van der Waals surface area contributed by atoms with Gasteiger partial charge in [0.15, 0.2) is 0 Å². The van der Waals surface area contributed by atoms with Gasteiger partial charge in [0.05, 0.1) is 0 Å². The van der Waals surface area contributed by atoms with E-state index in [0.717, 1.165) is 0 Å². The zero-order chi connectivity index (χ0) is 8.69. The van der Waals surface area contributed by atoms with Crippen LogP contribution >= 0.6 is 0 Å². The predicted molar refractivity (Wildman–Crippen MR) is 42.8 cm³/mol. The Kier molecular flexibility index (Phi) is 5.22.